The summed E-state index contributed by atoms with van der Waals surface area (Å²) < 4.78 is 97.9. The Morgan fingerprint density at radius 2 is 0.816 bits per heavy atom. The van der Waals surface area contributed by atoms with Crippen LogP contribution < -0.4 is 0 Å². The molecule has 0 bridgehead atoms. The summed E-state index contributed by atoms with van der Waals surface area (Å²) in [7, 11) is 0. The molecule has 0 atom stereocenters. The van der Waals surface area contributed by atoms with E-state index in [2.05, 4.69) is 20.2 Å². The maximum atomic E-state index is 12.5. The van der Waals surface area contributed by atoms with Gasteiger partial charge >= 0.3 is 0 Å². The van der Waals surface area contributed by atoms with Crippen LogP contribution in [0.1, 0.15) is 0 Å². The molecular weight excluding hydrogens is 758 g/mol. The van der Waals surface area contributed by atoms with E-state index < -0.39 is 65.2 Å². The molecule has 0 aliphatic heterocycles. The summed E-state index contributed by atoms with van der Waals surface area (Å²) in [4.78, 5) is 7.86. The predicted octanol–water partition coefficient (Wildman–Crippen LogP) is 8.00. The van der Waals surface area contributed by atoms with Gasteiger partial charge < -0.3 is 10.2 Å². The number of phenolic OH excluding ortho intramolecular Hbond substituents is 2. The number of pyridine rings is 2. The van der Waals surface area contributed by atoms with E-state index in [1.807, 2.05) is 24.3 Å². The fraction of sp³-hybridized carbons (Fsp3) is 0. The molecule has 0 saturated heterocycles. The van der Waals surface area contributed by atoms with Crippen molar-refractivity contribution >= 4 is 56.6 Å². The third-order valence-corrected chi connectivity index (χ3v) is 5.84. The topological polar surface area (TPSA) is 91.0 Å². The van der Waals surface area contributed by atoms with E-state index in [9.17, 15) is 35.1 Å². The maximum Gasteiger partial charge on any atom is 0.204 e. The molecular formula is C22H10F8I2N4O2. The molecule has 0 aliphatic carbocycles. The number of hydrogen-bond donors (Lipinski definition) is 2. The first-order chi connectivity index (χ1) is 17.9. The first-order valence-corrected chi connectivity index (χ1v) is 11.7. The normalized spacial score (nSPS) is 10.5. The Balaban J connectivity index is 0.000000201. The minimum atomic E-state index is -1.78. The third kappa shape index (κ3) is 7.68. The lowest BCUT2D eigenvalue weighted by Gasteiger charge is -2.02. The first-order valence-electron chi connectivity index (χ1n) is 9.51. The molecule has 2 N–H and O–H groups in total. The lowest BCUT2D eigenvalue weighted by Crippen LogP contribution is -1.98. The van der Waals surface area contributed by atoms with Crippen molar-refractivity contribution in [1.82, 2.24) is 9.97 Å². The van der Waals surface area contributed by atoms with Crippen LogP contribution in [0.15, 0.2) is 59.3 Å². The van der Waals surface area contributed by atoms with Crippen LogP contribution in [0.25, 0.3) is 0 Å². The standard InChI is InChI=1S/C10H8N4.2C6HF4IO/c1-3-9(7-11-5-1)13-14-10-4-2-6-12-8-10;2*7-1-3(9)6(12)4(10)2(8)5(1)11/h1-8H;2*12H. The van der Waals surface area contributed by atoms with E-state index in [1.54, 1.807) is 24.8 Å². The summed E-state index contributed by atoms with van der Waals surface area (Å²) in [6.07, 6.45) is 6.70. The Hall–Kier alpha value is -3.16. The van der Waals surface area contributed by atoms with Gasteiger partial charge in [-0.15, -0.1) is 10.2 Å². The van der Waals surface area contributed by atoms with Crippen LogP contribution in [0.4, 0.5) is 46.5 Å². The molecule has 0 radical (unpaired) electrons. The molecule has 2 heterocycles. The van der Waals surface area contributed by atoms with E-state index in [4.69, 9.17) is 10.2 Å². The average molecular weight is 768 g/mol. The number of azo groups is 1. The van der Waals surface area contributed by atoms with Crippen LogP contribution in [-0.2, 0) is 0 Å². The van der Waals surface area contributed by atoms with Crippen LogP contribution in [0.3, 0.4) is 0 Å². The Morgan fingerprint density at radius 3 is 1.05 bits per heavy atom. The molecule has 0 aliphatic rings. The Labute approximate surface area is 235 Å². The van der Waals surface area contributed by atoms with Crippen molar-refractivity contribution in [2.45, 2.75) is 0 Å². The number of aromatic nitrogens is 2. The fourth-order valence-electron chi connectivity index (χ4n) is 2.13. The second kappa shape index (κ2) is 14.1. The second-order valence-corrected chi connectivity index (χ2v) is 8.62. The van der Waals surface area contributed by atoms with Crippen molar-refractivity contribution < 1.29 is 45.3 Å². The van der Waals surface area contributed by atoms with Gasteiger partial charge in [0.2, 0.25) is 23.3 Å². The number of phenols is 2. The van der Waals surface area contributed by atoms with Gasteiger partial charge in [0.15, 0.2) is 34.8 Å². The van der Waals surface area contributed by atoms with Crippen LogP contribution >= 0.6 is 45.2 Å². The van der Waals surface area contributed by atoms with Gasteiger partial charge in [-0.05, 0) is 69.4 Å². The van der Waals surface area contributed by atoms with E-state index in [-0.39, 0.29) is 0 Å². The zero-order valence-corrected chi connectivity index (χ0v) is 22.4. The van der Waals surface area contributed by atoms with Crippen LogP contribution in [-0.4, -0.2) is 20.2 Å². The molecule has 38 heavy (non-hydrogen) atoms. The Morgan fingerprint density at radius 1 is 0.526 bits per heavy atom. The highest BCUT2D eigenvalue weighted by atomic mass is 127. The summed E-state index contributed by atoms with van der Waals surface area (Å²) in [5.41, 5.74) is 1.47. The number of aromatic hydroxyl groups is 2. The van der Waals surface area contributed by atoms with Crippen LogP contribution in [0.5, 0.6) is 11.5 Å². The first kappa shape index (κ1) is 31.1. The lowest BCUT2D eigenvalue weighted by atomic mass is 10.3. The smallest absolute Gasteiger partial charge is 0.204 e. The lowest BCUT2D eigenvalue weighted by molar-refractivity contribution is 0.353. The van der Waals surface area contributed by atoms with Crippen molar-refractivity contribution in [2.24, 2.45) is 10.2 Å². The quantitative estimate of drug-likeness (QED) is 0.0712. The summed E-state index contributed by atoms with van der Waals surface area (Å²) >= 11 is 2.19. The number of benzene rings is 2. The van der Waals surface area contributed by atoms with Crippen molar-refractivity contribution in [1.29, 1.82) is 0 Å². The largest absolute Gasteiger partial charge is 0.503 e. The molecule has 2 aromatic heterocycles. The zero-order chi connectivity index (χ0) is 28.6. The fourth-order valence-corrected chi connectivity index (χ4v) is 3.08. The average Bonchev–Trinajstić information content (AvgIpc) is 2.95. The summed E-state index contributed by atoms with van der Waals surface area (Å²) in [6, 6.07) is 7.31. The Kier molecular flexibility index (Phi) is 11.5. The minimum absolute atomic E-state index is 0.733. The van der Waals surface area contributed by atoms with Crippen molar-refractivity contribution in [3.63, 3.8) is 0 Å². The van der Waals surface area contributed by atoms with Gasteiger partial charge in [0.05, 0.1) is 19.5 Å². The van der Waals surface area contributed by atoms with Crippen LogP contribution in [0, 0.1) is 53.7 Å². The molecule has 4 aromatic rings. The predicted molar refractivity (Wildman–Crippen MR) is 134 cm³/mol. The highest BCUT2D eigenvalue weighted by molar-refractivity contribution is 14.1. The maximum absolute atomic E-state index is 12.5. The summed E-state index contributed by atoms with van der Waals surface area (Å²) in [5, 5.41) is 24.9. The monoisotopic (exact) mass is 768 g/mol. The van der Waals surface area contributed by atoms with Gasteiger partial charge in [-0.2, -0.15) is 17.6 Å². The molecule has 0 spiro atoms. The molecule has 0 unspecified atom stereocenters. The van der Waals surface area contributed by atoms with Crippen molar-refractivity contribution in [2.75, 3.05) is 0 Å². The molecule has 16 heteroatoms. The second-order valence-electron chi connectivity index (χ2n) is 6.46. The van der Waals surface area contributed by atoms with Gasteiger partial charge in [0.25, 0.3) is 0 Å². The van der Waals surface area contributed by atoms with Crippen molar-refractivity contribution in [3.05, 3.63) is 103 Å². The highest BCUT2D eigenvalue weighted by Crippen LogP contribution is 2.30. The van der Waals surface area contributed by atoms with Gasteiger partial charge in [-0.3, -0.25) is 9.97 Å². The van der Waals surface area contributed by atoms with Gasteiger partial charge in [0.1, 0.15) is 11.4 Å². The third-order valence-electron chi connectivity index (χ3n) is 3.95. The molecule has 0 saturated carbocycles. The molecule has 0 fully saturated rings. The number of hydrogen-bond acceptors (Lipinski definition) is 6. The number of nitrogens with zero attached hydrogens (tertiary/aromatic N) is 4. The zero-order valence-electron chi connectivity index (χ0n) is 18.1. The highest BCUT2D eigenvalue weighted by Gasteiger charge is 2.24. The van der Waals surface area contributed by atoms with Crippen LogP contribution in [0.2, 0.25) is 0 Å². The summed E-state index contributed by atoms with van der Waals surface area (Å²) in [6.45, 7) is 0. The SMILES string of the molecule is Oc1c(F)c(F)c(I)c(F)c1F.Oc1c(F)c(F)c(I)c(F)c1F.c1cncc(N=Nc2cccnc2)c1. The molecule has 6 nitrogen and oxygen atoms in total. The minimum Gasteiger partial charge on any atom is -0.503 e. The van der Waals surface area contributed by atoms with Gasteiger partial charge in [-0.1, -0.05) is 0 Å². The van der Waals surface area contributed by atoms with E-state index in [0.29, 0.717) is 0 Å². The van der Waals surface area contributed by atoms with E-state index in [1.165, 1.54) is 0 Å². The number of rotatable bonds is 2. The van der Waals surface area contributed by atoms with Gasteiger partial charge in [0, 0.05) is 12.4 Å². The summed E-state index contributed by atoms with van der Waals surface area (Å²) in [5.74, 6) is -16.7. The van der Waals surface area contributed by atoms with Crippen molar-refractivity contribution in [3.8, 4) is 11.5 Å². The molecule has 4 rings (SSSR count). The Bertz CT molecular complexity index is 1130. The molecule has 200 valence electrons. The molecule has 2 aromatic carbocycles. The molecule has 0 amide bonds. The van der Waals surface area contributed by atoms with Gasteiger partial charge in [-0.25, -0.2) is 17.6 Å². The van der Waals surface area contributed by atoms with E-state index >= 15 is 0 Å². The van der Waals surface area contributed by atoms with E-state index in [0.717, 1.165) is 56.6 Å². The number of halogens is 10.